The van der Waals surface area contributed by atoms with Gasteiger partial charge < -0.3 is 10.0 Å². The SMILES string of the molecule is Cc1nc(-c2cccnc2)cc(N2CCN(CC(=O)O)CC2)n1. The van der Waals surface area contributed by atoms with Gasteiger partial charge in [0.2, 0.25) is 0 Å². The van der Waals surface area contributed by atoms with Crippen molar-refractivity contribution in [2.24, 2.45) is 0 Å². The Balaban J connectivity index is 1.76. The molecular weight excluding hydrogens is 294 g/mol. The van der Waals surface area contributed by atoms with Crippen LogP contribution < -0.4 is 4.90 Å². The normalized spacial score (nSPS) is 15.6. The summed E-state index contributed by atoms with van der Waals surface area (Å²) in [6.45, 7) is 4.93. The molecule has 0 radical (unpaired) electrons. The molecule has 0 aromatic carbocycles. The number of carbonyl (C=O) groups is 1. The molecule has 0 saturated carbocycles. The third-order valence-electron chi connectivity index (χ3n) is 3.84. The predicted octanol–water partition coefficient (Wildman–Crippen LogP) is 1.05. The van der Waals surface area contributed by atoms with E-state index in [2.05, 4.69) is 19.9 Å². The van der Waals surface area contributed by atoms with Crippen molar-refractivity contribution in [3.05, 3.63) is 36.4 Å². The van der Waals surface area contributed by atoms with Crippen molar-refractivity contribution in [1.82, 2.24) is 19.9 Å². The zero-order valence-electron chi connectivity index (χ0n) is 13.0. The Kier molecular flexibility index (Phi) is 4.47. The van der Waals surface area contributed by atoms with Crippen molar-refractivity contribution >= 4 is 11.8 Å². The minimum Gasteiger partial charge on any atom is -0.480 e. The summed E-state index contributed by atoms with van der Waals surface area (Å²) in [6.07, 6.45) is 3.52. The summed E-state index contributed by atoms with van der Waals surface area (Å²) < 4.78 is 0. The fourth-order valence-corrected chi connectivity index (χ4v) is 2.70. The third-order valence-corrected chi connectivity index (χ3v) is 3.84. The molecule has 1 fully saturated rings. The number of aliphatic carboxylic acids is 1. The van der Waals surface area contributed by atoms with Gasteiger partial charge in [-0.3, -0.25) is 14.7 Å². The molecule has 23 heavy (non-hydrogen) atoms. The zero-order chi connectivity index (χ0) is 16.2. The summed E-state index contributed by atoms with van der Waals surface area (Å²) in [5.41, 5.74) is 1.82. The van der Waals surface area contributed by atoms with Gasteiger partial charge in [-0.05, 0) is 19.1 Å². The Hall–Kier alpha value is -2.54. The molecule has 1 aliphatic rings. The van der Waals surface area contributed by atoms with Crippen LogP contribution >= 0.6 is 0 Å². The van der Waals surface area contributed by atoms with Crippen LogP contribution in [0.1, 0.15) is 5.82 Å². The minimum absolute atomic E-state index is 0.0948. The molecule has 0 spiro atoms. The average molecular weight is 313 g/mol. The van der Waals surface area contributed by atoms with E-state index in [0.29, 0.717) is 5.82 Å². The maximum atomic E-state index is 10.8. The quantitative estimate of drug-likeness (QED) is 0.903. The lowest BCUT2D eigenvalue weighted by atomic mass is 10.2. The lowest BCUT2D eigenvalue weighted by molar-refractivity contribution is -0.138. The first kappa shape index (κ1) is 15.4. The van der Waals surface area contributed by atoms with Gasteiger partial charge in [0, 0.05) is 50.2 Å². The van der Waals surface area contributed by atoms with Crippen molar-refractivity contribution in [3.63, 3.8) is 0 Å². The molecule has 0 atom stereocenters. The van der Waals surface area contributed by atoms with Crippen molar-refractivity contribution < 1.29 is 9.90 Å². The maximum Gasteiger partial charge on any atom is 0.317 e. The number of pyridine rings is 1. The van der Waals surface area contributed by atoms with Gasteiger partial charge in [0.05, 0.1) is 12.2 Å². The fourth-order valence-electron chi connectivity index (χ4n) is 2.70. The lowest BCUT2D eigenvalue weighted by Crippen LogP contribution is -2.48. The molecule has 120 valence electrons. The van der Waals surface area contributed by atoms with Gasteiger partial charge in [0.25, 0.3) is 0 Å². The smallest absolute Gasteiger partial charge is 0.317 e. The Morgan fingerprint density at radius 1 is 1.26 bits per heavy atom. The summed E-state index contributed by atoms with van der Waals surface area (Å²) in [5.74, 6) is 0.816. The van der Waals surface area contributed by atoms with Crippen LogP contribution in [0, 0.1) is 6.92 Å². The van der Waals surface area contributed by atoms with Gasteiger partial charge in [-0.2, -0.15) is 0 Å². The highest BCUT2D eigenvalue weighted by atomic mass is 16.4. The summed E-state index contributed by atoms with van der Waals surface area (Å²) in [5, 5.41) is 8.87. The highest BCUT2D eigenvalue weighted by molar-refractivity contribution is 5.69. The number of anilines is 1. The Labute approximate surface area is 134 Å². The van der Waals surface area contributed by atoms with E-state index < -0.39 is 5.97 Å². The van der Waals surface area contributed by atoms with Crippen LogP contribution in [0.3, 0.4) is 0 Å². The van der Waals surface area contributed by atoms with Gasteiger partial charge in [-0.25, -0.2) is 9.97 Å². The molecule has 2 aromatic rings. The van der Waals surface area contributed by atoms with E-state index in [4.69, 9.17) is 5.11 Å². The van der Waals surface area contributed by atoms with Gasteiger partial charge in [0.1, 0.15) is 11.6 Å². The first-order valence-corrected chi connectivity index (χ1v) is 7.57. The largest absolute Gasteiger partial charge is 0.480 e. The molecule has 3 rings (SSSR count). The number of nitrogens with zero attached hydrogens (tertiary/aromatic N) is 5. The van der Waals surface area contributed by atoms with E-state index in [0.717, 1.165) is 43.3 Å². The van der Waals surface area contributed by atoms with Crippen molar-refractivity contribution in [2.75, 3.05) is 37.6 Å². The second-order valence-electron chi connectivity index (χ2n) is 5.56. The number of carboxylic acids is 1. The van der Waals surface area contributed by atoms with Crippen LogP contribution in [0.15, 0.2) is 30.6 Å². The number of aryl methyl sites for hydroxylation is 1. The molecule has 7 heteroatoms. The van der Waals surface area contributed by atoms with Crippen LogP contribution in [-0.2, 0) is 4.79 Å². The molecule has 2 aromatic heterocycles. The Morgan fingerprint density at radius 2 is 2.04 bits per heavy atom. The molecule has 3 heterocycles. The van der Waals surface area contributed by atoms with Crippen molar-refractivity contribution in [1.29, 1.82) is 0 Å². The Morgan fingerprint density at radius 3 is 2.70 bits per heavy atom. The molecule has 1 aliphatic heterocycles. The monoisotopic (exact) mass is 313 g/mol. The standard InChI is InChI=1S/C16H19N5O2/c1-12-18-14(13-3-2-4-17-10-13)9-15(19-12)21-7-5-20(6-8-21)11-16(22)23/h2-4,9-10H,5-8,11H2,1H3,(H,22,23). The second-order valence-corrected chi connectivity index (χ2v) is 5.56. The van der Waals surface area contributed by atoms with Gasteiger partial charge in [-0.1, -0.05) is 0 Å². The van der Waals surface area contributed by atoms with Crippen LogP contribution in [0.2, 0.25) is 0 Å². The van der Waals surface area contributed by atoms with E-state index in [9.17, 15) is 4.79 Å². The van der Waals surface area contributed by atoms with Crippen LogP contribution in [0.25, 0.3) is 11.3 Å². The van der Waals surface area contributed by atoms with E-state index in [1.165, 1.54) is 0 Å². The first-order valence-electron chi connectivity index (χ1n) is 7.57. The summed E-state index contributed by atoms with van der Waals surface area (Å²) in [6, 6.07) is 5.83. The molecule has 0 aliphatic carbocycles. The maximum absolute atomic E-state index is 10.8. The van der Waals surface area contributed by atoms with E-state index in [1.54, 1.807) is 12.4 Å². The van der Waals surface area contributed by atoms with Crippen LogP contribution in [-0.4, -0.2) is 63.7 Å². The first-order chi connectivity index (χ1) is 11.1. The summed E-state index contributed by atoms with van der Waals surface area (Å²) in [4.78, 5) is 28.0. The van der Waals surface area contributed by atoms with Gasteiger partial charge in [-0.15, -0.1) is 0 Å². The Bertz CT molecular complexity index is 684. The van der Waals surface area contributed by atoms with Gasteiger partial charge in [0.15, 0.2) is 0 Å². The highest BCUT2D eigenvalue weighted by Gasteiger charge is 2.20. The van der Waals surface area contributed by atoms with Crippen molar-refractivity contribution in [2.45, 2.75) is 6.92 Å². The number of aromatic nitrogens is 3. The average Bonchev–Trinajstić information content (AvgIpc) is 2.55. The molecule has 7 nitrogen and oxygen atoms in total. The van der Waals surface area contributed by atoms with E-state index >= 15 is 0 Å². The number of piperazine rings is 1. The fraction of sp³-hybridized carbons (Fsp3) is 0.375. The van der Waals surface area contributed by atoms with Crippen LogP contribution in [0.5, 0.6) is 0 Å². The molecular formula is C16H19N5O2. The second kappa shape index (κ2) is 6.70. The summed E-state index contributed by atoms with van der Waals surface area (Å²) in [7, 11) is 0. The number of hydrogen-bond donors (Lipinski definition) is 1. The van der Waals surface area contributed by atoms with E-state index in [-0.39, 0.29) is 6.54 Å². The molecule has 0 amide bonds. The highest BCUT2D eigenvalue weighted by Crippen LogP contribution is 2.22. The minimum atomic E-state index is -0.782. The lowest BCUT2D eigenvalue weighted by Gasteiger charge is -2.34. The van der Waals surface area contributed by atoms with Crippen LogP contribution in [0.4, 0.5) is 5.82 Å². The number of hydrogen-bond acceptors (Lipinski definition) is 6. The van der Waals surface area contributed by atoms with E-state index in [1.807, 2.05) is 30.0 Å². The van der Waals surface area contributed by atoms with Crippen molar-refractivity contribution in [3.8, 4) is 11.3 Å². The topological polar surface area (TPSA) is 82.5 Å². The summed E-state index contributed by atoms with van der Waals surface area (Å²) >= 11 is 0. The molecule has 0 unspecified atom stereocenters. The molecule has 1 N–H and O–H groups in total. The molecule has 1 saturated heterocycles. The third kappa shape index (κ3) is 3.81. The molecule has 0 bridgehead atoms. The predicted molar refractivity (Wildman–Crippen MR) is 86.3 cm³/mol. The number of rotatable bonds is 4. The van der Waals surface area contributed by atoms with Gasteiger partial charge >= 0.3 is 5.97 Å². The number of carboxylic acid groups (broad SMARTS) is 1. The zero-order valence-corrected chi connectivity index (χ0v) is 13.0.